The van der Waals surface area contributed by atoms with Gasteiger partial charge in [-0.1, -0.05) is 61.5 Å². The lowest BCUT2D eigenvalue weighted by Crippen LogP contribution is -2.45. The maximum Gasteiger partial charge on any atom is 0.407 e. The van der Waals surface area contributed by atoms with Crippen LogP contribution in [-0.4, -0.2) is 54.2 Å². The Balaban J connectivity index is 1.23. The van der Waals surface area contributed by atoms with Gasteiger partial charge in [-0.3, -0.25) is 9.59 Å². The van der Waals surface area contributed by atoms with Gasteiger partial charge in [-0.05, 0) is 41.5 Å². The third-order valence-electron chi connectivity index (χ3n) is 7.13. The second kappa shape index (κ2) is 10.1. The smallest absolute Gasteiger partial charge is 0.407 e. The minimum absolute atomic E-state index is 0.00425. The van der Waals surface area contributed by atoms with Gasteiger partial charge in [0.15, 0.2) is 0 Å². The van der Waals surface area contributed by atoms with Crippen molar-refractivity contribution in [1.82, 2.24) is 10.2 Å². The lowest BCUT2D eigenvalue weighted by atomic mass is 9.76. The van der Waals surface area contributed by atoms with Crippen LogP contribution in [0.5, 0.6) is 0 Å². The van der Waals surface area contributed by atoms with Crippen LogP contribution in [0.3, 0.4) is 0 Å². The average molecular weight is 463 g/mol. The molecule has 0 spiro atoms. The van der Waals surface area contributed by atoms with Gasteiger partial charge in [-0.15, -0.1) is 0 Å². The summed E-state index contributed by atoms with van der Waals surface area (Å²) < 4.78 is 5.49. The van der Waals surface area contributed by atoms with Crippen LogP contribution >= 0.6 is 0 Å². The van der Waals surface area contributed by atoms with Crippen LogP contribution in [0, 0.1) is 5.41 Å². The number of hydrogen-bond donors (Lipinski definition) is 2. The number of fused-ring (bicyclic) bond motifs is 3. The summed E-state index contributed by atoms with van der Waals surface area (Å²) in [6.45, 7) is 3.12. The lowest BCUT2D eigenvalue weighted by Gasteiger charge is -2.37. The van der Waals surface area contributed by atoms with E-state index in [1.54, 1.807) is 11.0 Å². The molecule has 34 heavy (non-hydrogen) atoms. The van der Waals surface area contributed by atoms with E-state index in [1.165, 1.54) is 17.2 Å². The van der Waals surface area contributed by atoms with Crippen molar-refractivity contribution >= 4 is 18.0 Å². The number of ether oxygens (including phenoxy) is 1. The first-order valence-corrected chi connectivity index (χ1v) is 11.7. The summed E-state index contributed by atoms with van der Waals surface area (Å²) in [5.74, 6) is -0.968. The van der Waals surface area contributed by atoms with Crippen LogP contribution in [0.2, 0.25) is 0 Å². The topological polar surface area (TPSA) is 95.9 Å². The summed E-state index contributed by atoms with van der Waals surface area (Å²) in [6, 6.07) is 16.3. The fourth-order valence-corrected chi connectivity index (χ4v) is 4.93. The summed E-state index contributed by atoms with van der Waals surface area (Å²) in [5, 5.41) is 12.1. The van der Waals surface area contributed by atoms with Gasteiger partial charge >= 0.3 is 12.1 Å². The summed E-state index contributed by atoms with van der Waals surface area (Å²) in [7, 11) is 0. The molecule has 1 aliphatic carbocycles. The van der Waals surface area contributed by atoms with E-state index in [2.05, 4.69) is 29.6 Å². The van der Waals surface area contributed by atoms with Gasteiger partial charge in [0, 0.05) is 31.6 Å². The average Bonchev–Trinajstić information content (AvgIpc) is 3.19. The van der Waals surface area contributed by atoms with E-state index in [0.717, 1.165) is 11.1 Å². The van der Waals surface area contributed by atoms with Crippen molar-refractivity contribution in [3.05, 3.63) is 71.8 Å². The maximum atomic E-state index is 12.4. The Morgan fingerprint density at radius 2 is 1.65 bits per heavy atom. The number of carboxylic acids is 1. The van der Waals surface area contributed by atoms with Gasteiger partial charge in [0.1, 0.15) is 6.61 Å². The van der Waals surface area contributed by atoms with Crippen molar-refractivity contribution in [3.8, 4) is 11.1 Å². The second-order valence-electron chi connectivity index (χ2n) is 8.87. The molecular weight excluding hydrogens is 432 g/mol. The number of nitrogens with zero attached hydrogens (tertiary/aromatic N) is 1. The molecule has 1 aliphatic heterocycles. The number of alkyl carbamates (subject to hydrolysis) is 1. The molecule has 4 rings (SSSR count). The van der Waals surface area contributed by atoms with Gasteiger partial charge in [0.2, 0.25) is 5.91 Å². The molecule has 1 fully saturated rings. The van der Waals surface area contributed by atoms with Crippen LogP contribution in [0.1, 0.15) is 43.2 Å². The molecule has 7 heteroatoms. The number of carbonyl (C=O) groups is 3. The number of nitrogens with one attached hydrogen (secondary N) is 1. The predicted octanol–water partition coefficient (Wildman–Crippen LogP) is 4.18. The molecule has 2 aliphatic rings. The molecule has 1 saturated heterocycles. The third kappa shape index (κ3) is 4.69. The highest BCUT2D eigenvalue weighted by Crippen LogP contribution is 2.44. The molecule has 7 nitrogen and oxygen atoms in total. The first-order valence-electron chi connectivity index (χ1n) is 11.7. The maximum absolute atomic E-state index is 12.4. The van der Waals surface area contributed by atoms with Gasteiger partial charge in [0.25, 0.3) is 0 Å². The zero-order valence-electron chi connectivity index (χ0n) is 19.3. The SMILES string of the molecule is CCC1(C(=O)O)CCN(C(=O)/C=C/CNC(=O)OCC2c3ccccc3-c3ccccc32)CC1. The van der Waals surface area contributed by atoms with E-state index in [4.69, 9.17) is 4.74 Å². The Bertz CT molecular complexity index is 1060. The first kappa shape index (κ1) is 23.5. The number of hydrogen-bond acceptors (Lipinski definition) is 4. The fraction of sp³-hybridized carbons (Fsp3) is 0.370. The standard InChI is InChI=1S/C27H30N2O5/c1-2-27(25(31)32)13-16-29(17-14-27)24(30)12-7-15-28-26(33)34-18-23-21-10-5-3-8-19(21)20-9-4-6-11-22(20)23/h3-12,23H,2,13-18H2,1H3,(H,28,33)(H,31,32)/b12-7+. The van der Waals surface area contributed by atoms with Crippen LogP contribution in [-0.2, 0) is 14.3 Å². The number of carboxylic acid groups (broad SMARTS) is 1. The van der Waals surface area contributed by atoms with E-state index in [-0.39, 0.29) is 25.0 Å². The quantitative estimate of drug-likeness (QED) is 0.602. The number of amides is 2. The Morgan fingerprint density at radius 3 is 2.21 bits per heavy atom. The van der Waals surface area contributed by atoms with E-state index in [0.29, 0.717) is 32.4 Å². The highest BCUT2D eigenvalue weighted by molar-refractivity contribution is 5.88. The van der Waals surface area contributed by atoms with Gasteiger partial charge in [-0.25, -0.2) is 4.79 Å². The normalized spacial score (nSPS) is 16.7. The summed E-state index contributed by atoms with van der Waals surface area (Å²) in [6.07, 6.45) is 3.94. The van der Waals surface area contributed by atoms with Gasteiger partial charge in [0.05, 0.1) is 5.41 Å². The Morgan fingerprint density at radius 1 is 1.06 bits per heavy atom. The number of aliphatic carboxylic acids is 1. The summed E-state index contributed by atoms with van der Waals surface area (Å²) in [4.78, 5) is 37.8. The molecule has 0 bridgehead atoms. The summed E-state index contributed by atoms with van der Waals surface area (Å²) in [5.41, 5.74) is 3.92. The third-order valence-corrected chi connectivity index (χ3v) is 7.13. The van der Waals surface area contributed by atoms with Crippen LogP contribution in [0.15, 0.2) is 60.7 Å². The molecule has 0 unspecified atom stereocenters. The first-order chi connectivity index (χ1) is 16.4. The molecule has 1 heterocycles. The highest BCUT2D eigenvalue weighted by atomic mass is 16.5. The van der Waals surface area contributed by atoms with Crippen molar-refractivity contribution in [2.75, 3.05) is 26.2 Å². The lowest BCUT2D eigenvalue weighted by molar-refractivity contribution is -0.154. The van der Waals surface area contributed by atoms with Crippen molar-refractivity contribution < 1.29 is 24.2 Å². The number of carbonyl (C=O) groups excluding carboxylic acids is 2. The molecule has 0 aromatic heterocycles. The zero-order chi connectivity index (χ0) is 24.1. The molecule has 0 saturated carbocycles. The largest absolute Gasteiger partial charge is 0.481 e. The van der Waals surface area contributed by atoms with Crippen LogP contribution in [0.25, 0.3) is 11.1 Å². The Kier molecular flexibility index (Phi) is 7.01. The van der Waals surface area contributed by atoms with Crippen LogP contribution in [0.4, 0.5) is 4.79 Å². The minimum Gasteiger partial charge on any atom is -0.481 e. The van der Waals surface area contributed by atoms with Crippen molar-refractivity contribution in [2.45, 2.75) is 32.1 Å². The second-order valence-corrected chi connectivity index (χ2v) is 8.87. The predicted molar refractivity (Wildman–Crippen MR) is 128 cm³/mol. The van der Waals surface area contributed by atoms with Crippen LogP contribution < -0.4 is 5.32 Å². The molecule has 0 atom stereocenters. The molecule has 0 radical (unpaired) electrons. The monoisotopic (exact) mass is 462 g/mol. The molecular formula is C27H30N2O5. The van der Waals surface area contributed by atoms with E-state index in [1.807, 2.05) is 31.2 Å². The number of piperidine rings is 1. The van der Waals surface area contributed by atoms with E-state index < -0.39 is 17.5 Å². The van der Waals surface area contributed by atoms with E-state index >= 15 is 0 Å². The van der Waals surface area contributed by atoms with E-state index in [9.17, 15) is 19.5 Å². The number of benzene rings is 2. The number of likely N-dealkylation sites (tertiary alicyclic amines) is 1. The minimum atomic E-state index is -0.787. The Hall–Kier alpha value is -3.61. The van der Waals surface area contributed by atoms with Crippen molar-refractivity contribution in [3.63, 3.8) is 0 Å². The van der Waals surface area contributed by atoms with Crippen molar-refractivity contribution in [1.29, 1.82) is 0 Å². The zero-order valence-corrected chi connectivity index (χ0v) is 19.3. The van der Waals surface area contributed by atoms with Gasteiger partial charge in [-0.2, -0.15) is 0 Å². The molecule has 2 amide bonds. The Labute approximate surface area is 199 Å². The van der Waals surface area contributed by atoms with Gasteiger partial charge < -0.3 is 20.1 Å². The number of rotatable bonds is 7. The summed E-state index contributed by atoms with van der Waals surface area (Å²) >= 11 is 0. The molecule has 2 N–H and O–H groups in total. The molecule has 2 aromatic carbocycles. The molecule has 178 valence electrons. The fourth-order valence-electron chi connectivity index (χ4n) is 4.93. The molecule has 2 aromatic rings. The van der Waals surface area contributed by atoms with Crippen molar-refractivity contribution in [2.24, 2.45) is 5.41 Å². The highest BCUT2D eigenvalue weighted by Gasteiger charge is 2.40.